The van der Waals surface area contributed by atoms with E-state index in [9.17, 15) is 16.8 Å². The maximum absolute atomic E-state index is 13.2. The van der Waals surface area contributed by atoms with E-state index < -0.39 is 25.1 Å². The lowest BCUT2D eigenvalue weighted by Gasteiger charge is -2.40. The molecule has 7 heteroatoms. The minimum atomic E-state index is -3.40. The summed E-state index contributed by atoms with van der Waals surface area (Å²) >= 11 is 0. The number of sulfonamides is 1. The lowest BCUT2D eigenvalue weighted by molar-refractivity contribution is 0.188. The zero-order valence-electron chi connectivity index (χ0n) is 15.0. The Balaban J connectivity index is 1.46. The summed E-state index contributed by atoms with van der Waals surface area (Å²) in [5.41, 5.74) is 1.32. The van der Waals surface area contributed by atoms with Gasteiger partial charge in [0, 0.05) is 12.1 Å². The summed E-state index contributed by atoms with van der Waals surface area (Å²) in [6.07, 6.45) is 5.27. The van der Waals surface area contributed by atoms with E-state index in [1.807, 2.05) is 6.07 Å². The standard InChI is InChI=1S/C19H27NO4S2/c21-25(22)10-8-19(9-11-25)26(23,24)20-17-6-7-18(20)14-16(13-17)12-15-4-2-1-3-5-15/h1-5,16-19H,6-14H2. The molecule has 3 heterocycles. The molecule has 0 radical (unpaired) electrons. The van der Waals surface area contributed by atoms with Gasteiger partial charge in [0.25, 0.3) is 0 Å². The Hall–Kier alpha value is -0.920. The number of hydrogen-bond donors (Lipinski definition) is 0. The predicted molar refractivity (Wildman–Crippen MR) is 102 cm³/mol. The lowest BCUT2D eigenvalue weighted by Crippen LogP contribution is -2.51. The maximum atomic E-state index is 13.2. The Labute approximate surface area is 156 Å². The Morgan fingerprint density at radius 2 is 1.50 bits per heavy atom. The van der Waals surface area contributed by atoms with Crippen molar-refractivity contribution in [3.8, 4) is 0 Å². The molecule has 1 aromatic carbocycles. The Morgan fingerprint density at radius 1 is 0.923 bits per heavy atom. The van der Waals surface area contributed by atoms with Crippen molar-refractivity contribution in [3.05, 3.63) is 35.9 Å². The summed E-state index contributed by atoms with van der Waals surface area (Å²) in [7, 11) is -6.44. The minimum absolute atomic E-state index is 0.0106. The smallest absolute Gasteiger partial charge is 0.217 e. The molecule has 144 valence electrons. The summed E-state index contributed by atoms with van der Waals surface area (Å²) in [5, 5.41) is -0.514. The molecular formula is C19H27NO4S2. The summed E-state index contributed by atoms with van der Waals surface area (Å²) in [6, 6.07) is 10.6. The van der Waals surface area contributed by atoms with Crippen LogP contribution in [0.15, 0.2) is 30.3 Å². The molecule has 0 N–H and O–H groups in total. The highest BCUT2D eigenvalue weighted by molar-refractivity contribution is 7.92. The Bertz CT molecular complexity index is 823. The maximum Gasteiger partial charge on any atom is 0.217 e. The summed E-state index contributed by atoms with van der Waals surface area (Å²) < 4.78 is 51.5. The molecule has 1 aromatic rings. The van der Waals surface area contributed by atoms with E-state index in [1.54, 1.807) is 4.31 Å². The second-order valence-electron chi connectivity index (χ2n) is 8.14. The minimum Gasteiger partial charge on any atom is -0.229 e. The topological polar surface area (TPSA) is 71.5 Å². The van der Waals surface area contributed by atoms with Gasteiger partial charge in [-0.2, -0.15) is 4.31 Å². The molecule has 2 atom stereocenters. The summed E-state index contributed by atoms with van der Waals surface area (Å²) in [4.78, 5) is 0. The van der Waals surface area contributed by atoms with Gasteiger partial charge < -0.3 is 0 Å². The van der Waals surface area contributed by atoms with E-state index in [2.05, 4.69) is 24.3 Å². The molecule has 0 spiro atoms. The van der Waals surface area contributed by atoms with Crippen LogP contribution in [-0.4, -0.2) is 50.0 Å². The number of benzene rings is 1. The monoisotopic (exact) mass is 397 g/mol. The molecule has 2 unspecified atom stereocenters. The normalized spacial score (nSPS) is 32.5. The van der Waals surface area contributed by atoms with Crippen LogP contribution in [0.4, 0.5) is 0 Å². The van der Waals surface area contributed by atoms with Crippen LogP contribution in [0.1, 0.15) is 44.1 Å². The van der Waals surface area contributed by atoms with Gasteiger partial charge in [0.15, 0.2) is 0 Å². The van der Waals surface area contributed by atoms with Crippen molar-refractivity contribution in [3.63, 3.8) is 0 Å². The molecule has 0 aromatic heterocycles. The lowest BCUT2D eigenvalue weighted by atomic mass is 9.87. The van der Waals surface area contributed by atoms with E-state index in [0.29, 0.717) is 5.92 Å². The number of sulfone groups is 1. The van der Waals surface area contributed by atoms with E-state index in [-0.39, 0.29) is 36.4 Å². The first-order chi connectivity index (χ1) is 12.4. The van der Waals surface area contributed by atoms with Crippen molar-refractivity contribution in [1.29, 1.82) is 0 Å². The molecule has 26 heavy (non-hydrogen) atoms. The second-order valence-corrected chi connectivity index (χ2v) is 12.6. The van der Waals surface area contributed by atoms with Gasteiger partial charge in [-0.05, 0) is 56.4 Å². The van der Waals surface area contributed by atoms with Crippen molar-refractivity contribution >= 4 is 19.9 Å². The largest absolute Gasteiger partial charge is 0.229 e. The molecule has 4 rings (SSSR count). The molecule has 0 saturated carbocycles. The molecule has 2 bridgehead atoms. The second kappa shape index (κ2) is 6.91. The third-order valence-corrected chi connectivity index (χ3v) is 10.6. The first kappa shape index (κ1) is 18.4. The fourth-order valence-electron chi connectivity index (χ4n) is 5.11. The van der Waals surface area contributed by atoms with Gasteiger partial charge in [-0.3, -0.25) is 0 Å². The van der Waals surface area contributed by atoms with Gasteiger partial charge >= 0.3 is 0 Å². The quantitative estimate of drug-likeness (QED) is 0.782. The van der Waals surface area contributed by atoms with Gasteiger partial charge in [0.2, 0.25) is 10.0 Å². The first-order valence-electron chi connectivity index (χ1n) is 9.62. The van der Waals surface area contributed by atoms with Gasteiger partial charge in [0.05, 0.1) is 16.8 Å². The van der Waals surface area contributed by atoms with Gasteiger partial charge in [-0.15, -0.1) is 0 Å². The highest BCUT2D eigenvalue weighted by Crippen LogP contribution is 2.43. The summed E-state index contributed by atoms with van der Waals surface area (Å²) in [5.74, 6) is 0.556. The summed E-state index contributed by atoms with van der Waals surface area (Å²) in [6.45, 7) is 0. The zero-order chi connectivity index (χ0) is 18.4. The highest BCUT2D eigenvalue weighted by atomic mass is 32.2. The number of nitrogens with zero attached hydrogens (tertiary/aromatic N) is 1. The van der Waals surface area contributed by atoms with Crippen molar-refractivity contribution < 1.29 is 16.8 Å². The van der Waals surface area contributed by atoms with Crippen molar-refractivity contribution in [2.24, 2.45) is 5.92 Å². The average molecular weight is 398 g/mol. The zero-order valence-corrected chi connectivity index (χ0v) is 16.6. The molecule has 0 amide bonds. The number of rotatable bonds is 4. The third-order valence-electron chi connectivity index (χ3n) is 6.35. The van der Waals surface area contributed by atoms with Crippen LogP contribution in [0.2, 0.25) is 0 Å². The van der Waals surface area contributed by atoms with Crippen LogP contribution >= 0.6 is 0 Å². The molecule has 3 saturated heterocycles. The Kier molecular flexibility index (Phi) is 4.90. The van der Waals surface area contributed by atoms with Crippen LogP contribution in [0.5, 0.6) is 0 Å². The van der Waals surface area contributed by atoms with Crippen molar-refractivity contribution in [2.75, 3.05) is 11.5 Å². The predicted octanol–water partition coefficient (Wildman–Crippen LogP) is 2.38. The van der Waals surface area contributed by atoms with E-state index in [4.69, 9.17) is 0 Å². The van der Waals surface area contributed by atoms with E-state index >= 15 is 0 Å². The van der Waals surface area contributed by atoms with Crippen molar-refractivity contribution in [1.82, 2.24) is 4.31 Å². The van der Waals surface area contributed by atoms with Crippen molar-refractivity contribution in [2.45, 2.75) is 62.3 Å². The molecule has 0 aliphatic carbocycles. The van der Waals surface area contributed by atoms with Crippen LogP contribution in [0.25, 0.3) is 0 Å². The fraction of sp³-hybridized carbons (Fsp3) is 0.684. The van der Waals surface area contributed by atoms with Crippen LogP contribution in [-0.2, 0) is 26.3 Å². The van der Waals surface area contributed by atoms with Crippen LogP contribution < -0.4 is 0 Å². The Morgan fingerprint density at radius 3 is 2.08 bits per heavy atom. The number of piperidine rings is 1. The van der Waals surface area contributed by atoms with Gasteiger partial charge in [-0.1, -0.05) is 30.3 Å². The third kappa shape index (κ3) is 3.58. The highest BCUT2D eigenvalue weighted by Gasteiger charge is 2.49. The number of hydrogen-bond acceptors (Lipinski definition) is 4. The van der Waals surface area contributed by atoms with Gasteiger partial charge in [-0.25, -0.2) is 16.8 Å². The molecule has 3 aliphatic heterocycles. The van der Waals surface area contributed by atoms with Gasteiger partial charge in [0.1, 0.15) is 9.84 Å². The number of fused-ring (bicyclic) bond motifs is 2. The molecular weight excluding hydrogens is 370 g/mol. The first-order valence-corrected chi connectivity index (χ1v) is 12.9. The average Bonchev–Trinajstić information content (AvgIpc) is 2.88. The fourth-order valence-corrected chi connectivity index (χ4v) is 9.29. The molecule has 5 nitrogen and oxygen atoms in total. The SMILES string of the molecule is O=S1(=O)CCC(S(=O)(=O)N2C3CCC2CC(Cc2ccccc2)C3)CC1. The molecule has 3 aliphatic rings. The van der Waals surface area contributed by atoms with E-state index in [1.165, 1.54) is 5.56 Å². The van der Waals surface area contributed by atoms with Crippen LogP contribution in [0.3, 0.4) is 0 Å². The molecule has 3 fully saturated rings. The van der Waals surface area contributed by atoms with Crippen LogP contribution in [0, 0.1) is 5.92 Å². The van der Waals surface area contributed by atoms with E-state index in [0.717, 1.165) is 32.1 Å².